The molecular weight excluding hydrogens is 246 g/mol. The van der Waals surface area contributed by atoms with Crippen molar-refractivity contribution in [1.82, 2.24) is 0 Å². The van der Waals surface area contributed by atoms with E-state index in [1.54, 1.807) is 0 Å². The Morgan fingerprint density at radius 3 is 2.80 bits per heavy atom. The van der Waals surface area contributed by atoms with Crippen molar-refractivity contribution >= 4 is 11.5 Å². The zero-order valence-electron chi connectivity index (χ0n) is 11.9. The summed E-state index contributed by atoms with van der Waals surface area (Å²) in [5.74, 6) is 0.567. The minimum absolute atomic E-state index is 0.343. The second-order valence-corrected chi connectivity index (χ2v) is 5.38. The van der Waals surface area contributed by atoms with Crippen molar-refractivity contribution in [2.45, 2.75) is 26.3 Å². The summed E-state index contributed by atoms with van der Waals surface area (Å²) in [7, 11) is 0. The highest BCUT2D eigenvalue weighted by atomic mass is 15.5. The van der Waals surface area contributed by atoms with E-state index >= 15 is 0 Å². The molecule has 0 radical (unpaired) electrons. The van der Waals surface area contributed by atoms with Crippen LogP contribution in [0, 0.1) is 6.92 Å². The lowest BCUT2D eigenvalue weighted by Crippen LogP contribution is -2.28. The number of anilines is 1. The van der Waals surface area contributed by atoms with Gasteiger partial charge in [0.2, 0.25) is 0 Å². The molecule has 0 fully saturated rings. The molecule has 102 valence electrons. The molecule has 0 saturated carbocycles. The Labute approximate surface area is 119 Å². The summed E-state index contributed by atoms with van der Waals surface area (Å²) < 4.78 is 0. The van der Waals surface area contributed by atoms with Crippen LogP contribution in [0.2, 0.25) is 0 Å². The molecule has 1 aliphatic rings. The minimum Gasteiger partial charge on any atom is -0.382 e. The van der Waals surface area contributed by atoms with E-state index in [4.69, 9.17) is 5.73 Å². The van der Waals surface area contributed by atoms with Gasteiger partial charge in [-0.25, -0.2) is 0 Å². The van der Waals surface area contributed by atoms with Crippen LogP contribution in [0.3, 0.4) is 0 Å². The maximum Gasteiger partial charge on any atom is 0.151 e. The Balaban J connectivity index is 1.96. The lowest BCUT2D eigenvalue weighted by atomic mass is 10.1. The number of rotatable bonds is 2. The summed E-state index contributed by atoms with van der Waals surface area (Å²) in [5, 5.41) is 6.67. The van der Waals surface area contributed by atoms with Gasteiger partial charge in [0.25, 0.3) is 0 Å². The zero-order chi connectivity index (χ0) is 14.1. The van der Waals surface area contributed by atoms with Crippen LogP contribution in [0.15, 0.2) is 53.6 Å². The first-order valence-electron chi connectivity index (χ1n) is 6.93. The van der Waals surface area contributed by atoms with Gasteiger partial charge < -0.3 is 5.73 Å². The average molecular weight is 265 g/mol. The summed E-state index contributed by atoms with van der Waals surface area (Å²) in [6.45, 7) is 4.23. The van der Waals surface area contributed by atoms with Gasteiger partial charge in [-0.05, 0) is 38.0 Å². The monoisotopic (exact) mass is 265 g/mol. The van der Waals surface area contributed by atoms with E-state index in [1.165, 1.54) is 11.1 Å². The molecule has 0 aromatic heterocycles. The molecule has 0 bridgehead atoms. The summed E-state index contributed by atoms with van der Waals surface area (Å²) in [6.07, 6.45) is 1.01. The first-order chi connectivity index (χ1) is 9.65. The van der Waals surface area contributed by atoms with Crippen LogP contribution in [0.5, 0.6) is 0 Å². The normalized spacial score (nSPS) is 18.2. The van der Waals surface area contributed by atoms with Crippen LogP contribution in [-0.2, 0) is 6.42 Å². The number of amidine groups is 1. The summed E-state index contributed by atoms with van der Waals surface area (Å²) in [5.41, 5.74) is 10.8. The number of fused-ring (bicyclic) bond motifs is 1. The lowest BCUT2D eigenvalue weighted by Gasteiger charge is -2.19. The van der Waals surface area contributed by atoms with E-state index in [-0.39, 0.29) is 0 Å². The minimum atomic E-state index is 0.343. The van der Waals surface area contributed by atoms with E-state index in [0.29, 0.717) is 11.9 Å². The molecule has 0 spiro atoms. The molecule has 3 nitrogen and oxygen atoms in total. The molecule has 20 heavy (non-hydrogen) atoms. The fourth-order valence-corrected chi connectivity index (χ4v) is 2.68. The number of hydrogen-bond acceptors (Lipinski definition) is 2. The second-order valence-electron chi connectivity index (χ2n) is 5.38. The van der Waals surface area contributed by atoms with Gasteiger partial charge in [-0.1, -0.05) is 42.0 Å². The molecule has 2 N–H and O–H groups in total. The van der Waals surface area contributed by atoms with Crippen LogP contribution in [0.4, 0.5) is 5.69 Å². The molecule has 3 heteroatoms. The van der Waals surface area contributed by atoms with Crippen molar-refractivity contribution in [2.75, 3.05) is 5.01 Å². The molecule has 2 aromatic carbocycles. The summed E-state index contributed by atoms with van der Waals surface area (Å²) in [4.78, 5) is 0. The van der Waals surface area contributed by atoms with E-state index in [2.05, 4.69) is 49.3 Å². The maximum atomic E-state index is 6.17. The molecule has 0 aliphatic carbocycles. The predicted octanol–water partition coefficient (Wildman–Crippen LogP) is 3.07. The SMILES string of the molecule is Cc1cccc(C(N)=NN2c3ccccc3CC2C)c1. The number of para-hydroxylation sites is 1. The highest BCUT2D eigenvalue weighted by Gasteiger charge is 2.25. The average Bonchev–Trinajstić information content (AvgIpc) is 2.75. The predicted molar refractivity (Wildman–Crippen MR) is 84.0 cm³/mol. The van der Waals surface area contributed by atoms with Gasteiger partial charge in [0.1, 0.15) is 0 Å². The van der Waals surface area contributed by atoms with Crippen LogP contribution >= 0.6 is 0 Å². The third-order valence-corrected chi connectivity index (χ3v) is 3.70. The van der Waals surface area contributed by atoms with E-state index in [1.807, 2.05) is 23.2 Å². The zero-order valence-corrected chi connectivity index (χ0v) is 11.9. The Bertz CT molecular complexity index is 661. The van der Waals surface area contributed by atoms with Gasteiger partial charge in [0.05, 0.1) is 11.7 Å². The number of benzene rings is 2. The third-order valence-electron chi connectivity index (χ3n) is 3.70. The van der Waals surface area contributed by atoms with Crippen molar-refractivity contribution < 1.29 is 0 Å². The van der Waals surface area contributed by atoms with Gasteiger partial charge in [-0.15, -0.1) is 0 Å². The third kappa shape index (κ3) is 2.27. The molecule has 0 saturated heterocycles. The summed E-state index contributed by atoms with van der Waals surface area (Å²) >= 11 is 0. The Morgan fingerprint density at radius 1 is 1.20 bits per heavy atom. The van der Waals surface area contributed by atoms with Crippen molar-refractivity contribution in [3.63, 3.8) is 0 Å². The van der Waals surface area contributed by atoms with Crippen molar-refractivity contribution in [3.05, 3.63) is 65.2 Å². The fraction of sp³-hybridized carbons (Fsp3) is 0.235. The van der Waals surface area contributed by atoms with Gasteiger partial charge in [-0.2, -0.15) is 5.10 Å². The van der Waals surface area contributed by atoms with E-state index < -0.39 is 0 Å². The highest BCUT2D eigenvalue weighted by Crippen LogP contribution is 2.32. The number of nitrogens with two attached hydrogens (primary N) is 1. The smallest absolute Gasteiger partial charge is 0.151 e. The van der Waals surface area contributed by atoms with Gasteiger partial charge in [0.15, 0.2) is 5.84 Å². The van der Waals surface area contributed by atoms with Crippen LogP contribution in [-0.4, -0.2) is 11.9 Å². The fourth-order valence-electron chi connectivity index (χ4n) is 2.68. The second kappa shape index (κ2) is 5.00. The molecular formula is C17H19N3. The van der Waals surface area contributed by atoms with Crippen LogP contribution in [0.25, 0.3) is 0 Å². The van der Waals surface area contributed by atoms with Gasteiger partial charge >= 0.3 is 0 Å². The topological polar surface area (TPSA) is 41.6 Å². The maximum absolute atomic E-state index is 6.17. The molecule has 1 unspecified atom stereocenters. The number of nitrogens with zero attached hydrogens (tertiary/aromatic N) is 2. The van der Waals surface area contributed by atoms with E-state index in [0.717, 1.165) is 17.7 Å². The first kappa shape index (κ1) is 12.7. The Morgan fingerprint density at radius 2 is 2.00 bits per heavy atom. The van der Waals surface area contributed by atoms with Gasteiger partial charge in [0, 0.05) is 5.56 Å². The van der Waals surface area contributed by atoms with Crippen LogP contribution in [0.1, 0.15) is 23.6 Å². The van der Waals surface area contributed by atoms with Crippen molar-refractivity contribution in [3.8, 4) is 0 Å². The van der Waals surface area contributed by atoms with Crippen molar-refractivity contribution in [2.24, 2.45) is 10.8 Å². The molecule has 0 amide bonds. The first-order valence-corrected chi connectivity index (χ1v) is 6.93. The Hall–Kier alpha value is -2.29. The number of hydrogen-bond donors (Lipinski definition) is 1. The van der Waals surface area contributed by atoms with Crippen molar-refractivity contribution in [1.29, 1.82) is 0 Å². The molecule has 1 aliphatic heterocycles. The van der Waals surface area contributed by atoms with Crippen LogP contribution < -0.4 is 10.7 Å². The quantitative estimate of drug-likeness (QED) is 0.669. The number of hydrazone groups is 1. The van der Waals surface area contributed by atoms with E-state index in [9.17, 15) is 0 Å². The lowest BCUT2D eigenvalue weighted by molar-refractivity contribution is 0.698. The molecule has 1 atom stereocenters. The number of aryl methyl sites for hydroxylation is 1. The largest absolute Gasteiger partial charge is 0.382 e. The molecule has 1 heterocycles. The Kier molecular flexibility index (Phi) is 3.18. The summed E-state index contributed by atoms with van der Waals surface area (Å²) in [6, 6.07) is 16.8. The standard InChI is InChI=1S/C17H19N3/c1-12-6-5-8-15(10-12)17(18)19-20-13(2)11-14-7-3-4-9-16(14)20/h3-10,13H,11H2,1-2H3,(H2,18,19). The highest BCUT2D eigenvalue weighted by molar-refractivity contribution is 5.98. The van der Waals surface area contributed by atoms with Gasteiger partial charge in [-0.3, -0.25) is 5.01 Å². The molecule has 3 rings (SSSR count). The molecule has 2 aromatic rings.